The monoisotopic (exact) mass is 385 g/mol. The van der Waals surface area contributed by atoms with Crippen LogP contribution < -0.4 is 0 Å². The number of nitrogens with zero attached hydrogens (tertiary/aromatic N) is 5. The first kappa shape index (κ1) is 18.3. The van der Waals surface area contributed by atoms with Gasteiger partial charge < -0.3 is 14.2 Å². The van der Waals surface area contributed by atoms with E-state index in [1.165, 1.54) is 6.07 Å². The first-order valence-electron chi connectivity index (χ1n) is 9.13. The highest BCUT2D eigenvalue weighted by Gasteiger charge is 2.30. The summed E-state index contributed by atoms with van der Waals surface area (Å²) in [6, 6.07) is 6.46. The number of carbonyl (C=O) groups excluding carboxylic acids is 1. The molecule has 0 radical (unpaired) electrons. The number of hydrogen-bond donors (Lipinski definition) is 0. The molecule has 1 aromatic carbocycles. The number of halogens is 1. The fourth-order valence-corrected chi connectivity index (χ4v) is 3.09. The Morgan fingerprint density at radius 1 is 1.36 bits per heavy atom. The van der Waals surface area contributed by atoms with Gasteiger partial charge in [-0.3, -0.25) is 9.48 Å². The maximum atomic E-state index is 13.8. The lowest BCUT2D eigenvalue weighted by Gasteiger charge is -2.30. The van der Waals surface area contributed by atoms with E-state index in [1.54, 1.807) is 40.2 Å². The molecule has 1 saturated heterocycles. The molecule has 3 aromatic rings. The predicted octanol–water partition coefficient (Wildman–Crippen LogP) is 2.23. The minimum atomic E-state index is -0.513. The second kappa shape index (κ2) is 7.89. The van der Waals surface area contributed by atoms with E-state index in [2.05, 4.69) is 15.2 Å². The summed E-state index contributed by atoms with van der Waals surface area (Å²) in [5, 5.41) is 8.07. The number of rotatable bonds is 5. The van der Waals surface area contributed by atoms with Crippen molar-refractivity contribution in [3.63, 3.8) is 0 Å². The van der Waals surface area contributed by atoms with Crippen LogP contribution in [0.4, 0.5) is 4.39 Å². The summed E-state index contributed by atoms with van der Waals surface area (Å²) in [7, 11) is 0. The second-order valence-electron chi connectivity index (χ2n) is 6.51. The highest BCUT2D eigenvalue weighted by atomic mass is 19.1. The summed E-state index contributed by atoms with van der Waals surface area (Å²) < 4.78 is 26.5. The molecule has 9 heteroatoms. The highest BCUT2D eigenvalue weighted by molar-refractivity contribution is 5.93. The molecule has 0 unspecified atom stereocenters. The van der Waals surface area contributed by atoms with Gasteiger partial charge in [0.1, 0.15) is 5.82 Å². The van der Waals surface area contributed by atoms with Crippen LogP contribution in [0.3, 0.4) is 0 Å². The standard InChI is InChI=1S/C19H20FN5O3/c1-2-25-11-14(10-21-25)19(26)24-7-8-27-16(12-24)18-22-17(23-28-18)9-13-5-3-4-6-15(13)20/h3-6,10-11,16H,2,7-9,12H2,1H3/t16-/m1/s1. The zero-order chi connectivity index (χ0) is 19.5. The van der Waals surface area contributed by atoms with Crippen molar-refractivity contribution in [2.24, 2.45) is 0 Å². The minimum absolute atomic E-state index is 0.112. The summed E-state index contributed by atoms with van der Waals surface area (Å²) >= 11 is 0. The second-order valence-corrected chi connectivity index (χ2v) is 6.51. The average molecular weight is 385 g/mol. The van der Waals surface area contributed by atoms with Crippen LogP contribution in [0.15, 0.2) is 41.2 Å². The molecule has 146 valence electrons. The normalized spacial score (nSPS) is 17.1. The SMILES string of the molecule is CCn1cc(C(=O)N2CCO[C@@H](c3nc(Cc4ccccc4F)no3)C2)cn1. The predicted molar refractivity (Wildman–Crippen MR) is 96.0 cm³/mol. The molecule has 2 aromatic heterocycles. The van der Waals surface area contributed by atoms with E-state index >= 15 is 0 Å². The Bertz CT molecular complexity index is 970. The van der Waals surface area contributed by atoms with Gasteiger partial charge in [0.25, 0.3) is 11.8 Å². The Labute approximate surface area is 160 Å². The van der Waals surface area contributed by atoms with Gasteiger partial charge in [0, 0.05) is 25.7 Å². The van der Waals surface area contributed by atoms with Gasteiger partial charge in [0.05, 0.1) is 24.9 Å². The van der Waals surface area contributed by atoms with Gasteiger partial charge >= 0.3 is 0 Å². The number of aryl methyl sites for hydroxylation is 1. The molecular weight excluding hydrogens is 365 g/mol. The summed E-state index contributed by atoms with van der Waals surface area (Å²) in [4.78, 5) is 18.7. The zero-order valence-electron chi connectivity index (χ0n) is 15.4. The number of aromatic nitrogens is 4. The number of morpholine rings is 1. The first-order valence-corrected chi connectivity index (χ1v) is 9.13. The van der Waals surface area contributed by atoms with Crippen LogP contribution in [0.1, 0.15) is 40.7 Å². The lowest BCUT2D eigenvalue weighted by atomic mass is 10.1. The molecule has 0 aliphatic carbocycles. The fourth-order valence-electron chi connectivity index (χ4n) is 3.09. The fraction of sp³-hybridized carbons (Fsp3) is 0.368. The van der Waals surface area contributed by atoms with E-state index in [1.807, 2.05) is 6.92 Å². The Balaban J connectivity index is 1.44. The van der Waals surface area contributed by atoms with Gasteiger partial charge in [-0.25, -0.2) is 4.39 Å². The van der Waals surface area contributed by atoms with Crippen molar-refractivity contribution in [2.75, 3.05) is 19.7 Å². The number of carbonyl (C=O) groups is 1. The number of amides is 1. The average Bonchev–Trinajstić information content (AvgIpc) is 3.39. The lowest BCUT2D eigenvalue weighted by Crippen LogP contribution is -2.42. The maximum Gasteiger partial charge on any atom is 0.257 e. The van der Waals surface area contributed by atoms with E-state index in [9.17, 15) is 9.18 Å². The molecule has 0 saturated carbocycles. The van der Waals surface area contributed by atoms with E-state index in [-0.39, 0.29) is 24.0 Å². The van der Waals surface area contributed by atoms with Crippen molar-refractivity contribution < 1.29 is 18.4 Å². The molecule has 1 fully saturated rings. The minimum Gasteiger partial charge on any atom is -0.365 e. The van der Waals surface area contributed by atoms with Crippen molar-refractivity contribution in [1.29, 1.82) is 0 Å². The van der Waals surface area contributed by atoms with Crippen LogP contribution in [0.5, 0.6) is 0 Å². The maximum absolute atomic E-state index is 13.8. The van der Waals surface area contributed by atoms with E-state index in [4.69, 9.17) is 9.26 Å². The van der Waals surface area contributed by atoms with Gasteiger partial charge in [-0.15, -0.1) is 0 Å². The van der Waals surface area contributed by atoms with Crippen LogP contribution in [-0.2, 0) is 17.7 Å². The van der Waals surface area contributed by atoms with Crippen molar-refractivity contribution in [1.82, 2.24) is 24.8 Å². The molecule has 8 nitrogen and oxygen atoms in total. The number of ether oxygens (including phenoxy) is 1. The Hall–Kier alpha value is -3.07. The molecule has 4 rings (SSSR count). The van der Waals surface area contributed by atoms with Crippen molar-refractivity contribution >= 4 is 5.91 Å². The van der Waals surface area contributed by atoms with Crippen molar-refractivity contribution in [3.05, 3.63) is 65.3 Å². The molecule has 1 aliphatic rings. The van der Waals surface area contributed by atoms with Gasteiger partial charge in [0.15, 0.2) is 11.9 Å². The lowest BCUT2D eigenvalue weighted by molar-refractivity contribution is -0.0367. The van der Waals surface area contributed by atoms with Crippen LogP contribution >= 0.6 is 0 Å². The number of hydrogen-bond acceptors (Lipinski definition) is 6. The van der Waals surface area contributed by atoms with Gasteiger partial charge in [-0.05, 0) is 18.6 Å². The molecule has 28 heavy (non-hydrogen) atoms. The molecular formula is C19H20FN5O3. The van der Waals surface area contributed by atoms with Crippen LogP contribution in [0.2, 0.25) is 0 Å². The third kappa shape index (κ3) is 3.79. The zero-order valence-corrected chi connectivity index (χ0v) is 15.4. The van der Waals surface area contributed by atoms with Gasteiger partial charge in [0.2, 0.25) is 0 Å². The summed E-state index contributed by atoms with van der Waals surface area (Å²) in [6.45, 7) is 3.80. The summed E-state index contributed by atoms with van der Waals surface area (Å²) in [5.74, 6) is 0.232. The van der Waals surface area contributed by atoms with E-state index < -0.39 is 6.10 Å². The Morgan fingerprint density at radius 3 is 3.00 bits per heavy atom. The van der Waals surface area contributed by atoms with Crippen LogP contribution in [0.25, 0.3) is 0 Å². The molecule has 1 amide bonds. The molecule has 0 N–H and O–H groups in total. The van der Waals surface area contributed by atoms with E-state index in [0.29, 0.717) is 43.2 Å². The van der Waals surface area contributed by atoms with E-state index in [0.717, 1.165) is 0 Å². The Kier molecular flexibility index (Phi) is 5.16. The van der Waals surface area contributed by atoms with Gasteiger partial charge in [-0.2, -0.15) is 10.1 Å². The topological polar surface area (TPSA) is 86.3 Å². The molecule has 3 heterocycles. The largest absolute Gasteiger partial charge is 0.365 e. The Morgan fingerprint density at radius 2 is 2.21 bits per heavy atom. The molecule has 1 atom stereocenters. The smallest absolute Gasteiger partial charge is 0.257 e. The van der Waals surface area contributed by atoms with Crippen LogP contribution in [-0.4, -0.2) is 50.4 Å². The summed E-state index contributed by atoms with van der Waals surface area (Å²) in [6.07, 6.45) is 3.00. The first-order chi connectivity index (χ1) is 13.6. The van der Waals surface area contributed by atoms with Crippen molar-refractivity contribution in [2.45, 2.75) is 26.0 Å². The molecule has 0 spiro atoms. The number of benzene rings is 1. The van der Waals surface area contributed by atoms with Gasteiger partial charge in [-0.1, -0.05) is 23.4 Å². The van der Waals surface area contributed by atoms with Crippen LogP contribution in [0, 0.1) is 5.82 Å². The third-order valence-electron chi connectivity index (χ3n) is 4.62. The molecule has 1 aliphatic heterocycles. The summed E-state index contributed by atoms with van der Waals surface area (Å²) in [5.41, 5.74) is 1.03. The molecule has 0 bridgehead atoms. The quantitative estimate of drug-likeness (QED) is 0.669. The highest BCUT2D eigenvalue weighted by Crippen LogP contribution is 2.23. The third-order valence-corrected chi connectivity index (χ3v) is 4.62. The van der Waals surface area contributed by atoms with Crippen molar-refractivity contribution in [3.8, 4) is 0 Å².